The van der Waals surface area contributed by atoms with Crippen LogP contribution in [0.15, 0.2) is 10.7 Å². The molecule has 0 amide bonds. The minimum absolute atomic E-state index is 0.456. The van der Waals surface area contributed by atoms with E-state index >= 15 is 0 Å². The van der Waals surface area contributed by atoms with Crippen molar-refractivity contribution in [1.29, 1.82) is 0 Å². The van der Waals surface area contributed by atoms with Crippen LogP contribution in [0.25, 0.3) is 0 Å². The van der Waals surface area contributed by atoms with Gasteiger partial charge in [-0.3, -0.25) is 9.48 Å². The number of aliphatic hydroxyl groups is 1. The molecule has 12 heavy (non-hydrogen) atoms. The maximum absolute atomic E-state index is 10.5. The highest BCUT2D eigenvalue weighted by Gasteiger charge is 2.28. The third-order valence-electron chi connectivity index (χ3n) is 1.60. The Morgan fingerprint density at radius 3 is 2.75 bits per heavy atom. The molecule has 1 aromatic heterocycles. The van der Waals surface area contributed by atoms with Crippen molar-refractivity contribution in [1.82, 2.24) is 9.78 Å². The molecular weight excluding hydrogens is 224 g/mol. The third kappa shape index (κ3) is 1.42. The molecule has 66 valence electrons. The Kier molecular flexibility index (Phi) is 2.34. The number of aromatic nitrogens is 2. The average molecular weight is 233 g/mol. The van der Waals surface area contributed by atoms with Crippen LogP contribution in [0.1, 0.15) is 12.6 Å². The Hall–Kier alpha value is -0.680. The molecule has 0 saturated carbocycles. The summed E-state index contributed by atoms with van der Waals surface area (Å²) in [5.41, 5.74) is -1.03. The van der Waals surface area contributed by atoms with Gasteiger partial charge < -0.3 is 5.11 Å². The summed E-state index contributed by atoms with van der Waals surface area (Å²) in [6, 6.07) is 0. The van der Waals surface area contributed by atoms with E-state index in [9.17, 15) is 9.90 Å². The first-order valence-electron chi connectivity index (χ1n) is 3.35. The molecule has 0 radical (unpaired) electrons. The number of rotatable bonds is 2. The standard InChI is InChI=1S/C7H9BrN2O2/c1-7(12,4-11)6-5(8)3-9-10(6)2/h3-4,12H,1-2H3. The number of halogens is 1. The first-order valence-corrected chi connectivity index (χ1v) is 4.15. The van der Waals surface area contributed by atoms with Crippen molar-refractivity contribution >= 4 is 22.2 Å². The predicted molar refractivity (Wildman–Crippen MR) is 46.5 cm³/mol. The molecule has 0 saturated heterocycles. The SMILES string of the molecule is Cn1ncc(Br)c1C(C)(O)C=O. The Balaban J connectivity index is 3.25. The van der Waals surface area contributed by atoms with Crippen LogP contribution in [0.4, 0.5) is 0 Å². The summed E-state index contributed by atoms with van der Waals surface area (Å²) in [6.45, 7) is 1.42. The minimum Gasteiger partial charge on any atom is -0.376 e. The molecule has 1 rings (SSSR count). The molecule has 0 aliphatic heterocycles. The highest BCUT2D eigenvalue weighted by atomic mass is 79.9. The van der Waals surface area contributed by atoms with Crippen LogP contribution in [0, 0.1) is 0 Å². The number of aldehydes is 1. The van der Waals surface area contributed by atoms with Gasteiger partial charge in [0, 0.05) is 7.05 Å². The lowest BCUT2D eigenvalue weighted by Crippen LogP contribution is -2.26. The number of hydrogen-bond donors (Lipinski definition) is 1. The van der Waals surface area contributed by atoms with E-state index in [-0.39, 0.29) is 0 Å². The van der Waals surface area contributed by atoms with Gasteiger partial charge in [0.2, 0.25) is 0 Å². The van der Waals surface area contributed by atoms with Crippen LogP contribution < -0.4 is 0 Å². The minimum atomic E-state index is -1.48. The number of aryl methyl sites for hydroxylation is 1. The summed E-state index contributed by atoms with van der Waals surface area (Å²) in [5.74, 6) is 0. The van der Waals surface area contributed by atoms with Crippen LogP contribution in [-0.2, 0) is 17.4 Å². The van der Waals surface area contributed by atoms with Crippen molar-refractivity contribution in [2.75, 3.05) is 0 Å². The molecule has 0 bridgehead atoms. The molecule has 0 aliphatic carbocycles. The molecule has 0 aliphatic rings. The van der Waals surface area contributed by atoms with Gasteiger partial charge in [0.25, 0.3) is 0 Å². The summed E-state index contributed by atoms with van der Waals surface area (Å²) in [5, 5.41) is 13.5. The molecule has 1 atom stereocenters. The largest absolute Gasteiger partial charge is 0.376 e. The lowest BCUT2D eigenvalue weighted by Gasteiger charge is -2.16. The summed E-state index contributed by atoms with van der Waals surface area (Å²) >= 11 is 3.19. The van der Waals surface area contributed by atoms with Gasteiger partial charge in [-0.15, -0.1) is 0 Å². The van der Waals surface area contributed by atoms with E-state index in [2.05, 4.69) is 21.0 Å². The van der Waals surface area contributed by atoms with Gasteiger partial charge in [0.05, 0.1) is 16.4 Å². The molecule has 0 spiro atoms. The molecule has 1 heterocycles. The zero-order valence-electron chi connectivity index (χ0n) is 6.78. The van der Waals surface area contributed by atoms with E-state index in [0.717, 1.165) is 0 Å². The average Bonchev–Trinajstić information content (AvgIpc) is 2.31. The van der Waals surface area contributed by atoms with Crippen LogP contribution in [0.3, 0.4) is 0 Å². The first kappa shape index (κ1) is 9.41. The zero-order valence-corrected chi connectivity index (χ0v) is 8.37. The Morgan fingerprint density at radius 1 is 1.83 bits per heavy atom. The van der Waals surface area contributed by atoms with E-state index in [0.29, 0.717) is 16.5 Å². The maximum Gasteiger partial charge on any atom is 0.159 e. The quantitative estimate of drug-likeness (QED) is 0.760. The van der Waals surface area contributed by atoms with Crippen molar-refractivity contribution in [3.05, 3.63) is 16.4 Å². The van der Waals surface area contributed by atoms with Crippen molar-refractivity contribution in [2.24, 2.45) is 7.05 Å². The van der Waals surface area contributed by atoms with E-state index in [1.165, 1.54) is 17.8 Å². The monoisotopic (exact) mass is 232 g/mol. The molecule has 1 aromatic rings. The fourth-order valence-corrected chi connectivity index (χ4v) is 1.79. The fraction of sp³-hybridized carbons (Fsp3) is 0.429. The second-order valence-corrected chi connectivity index (χ2v) is 3.58. The summed E-state index contributed by atoms with van der Waals surface area (Å²) in [4.78, 5) is 10.5. The Bertz CT molecular complexity index is 287. The second kappa shape index (κ2) is 2.99. The molecule has 1 N–H and O–H groups in total. The number of nitrogens with zero attached hydrogens (tertiary/aromatic N) is 2. The second-order valence-electron chi connectivity index (χ2n) is 2.73. The molecule has 5 heteroatoms. The van der Waals surface area contributed by atoms with E-state index in [4.69, 9.17) is 0 Å². The topological polar surface area (TPSA) is 55.1 Å². The molecule has 1 unspecified atom stereocenters. The van der Waals surface area contributed by atoms with Crippen molar-refractivity contribution in [3.63, 3.8) is 0 Å². The van der Waals surface area contributed by atoms with Crippen molar-refractivity contribution in [2.45, 2.75) is 12.5 Å². The van der Waals surface area contributed by atoms with Crippen molar-refractivity contribution < 1.29 is 9.90 Å². The normalized spacial score (nSPS) is 15.7. The Labute approximate surface area is 78.3 Å². The Morgan fingerprint density at radius 2 is 2.42 bits per heavy atom. The zero-order chi connectivity index (χ0) is 9.35. The molecule has 0 aromatic carbocycles. The smallest absolute Gasteiger partial charge is 0.159 e. The number of carbonyl (C=O) groups is 1. The lowest BCUT2D eigenvalue weighted by atomic mass is 10.1. The summed E-state index contributed by atoms with van der Waals surface area (Å²) in [7, 11) is 1.66. The molecule has 0 fully saturated rings. The summed E-state index contributed by atoms with van der Waals surface area (Å²) in [6.07, 6.45) is 2.02. The van der Waals surface area contributed by atoms with E-state index < -0.39 is 5.60 Å². The lowest BCUT2D eigenvalue weighted by molar-refractivity contribution is -0.123. The number of hydrogen-bond acceptors (Lipinski definition) is 3. The predicted octanol–water partition coefficient (Wildman–Crippen LogP) is 0.589. The third-order valence-corrected chi connectivity index (χ3v) is 2.18. The number of carbonyl (C=O) groups excluding carboxylic acids is 1. The molecule has 4 nitrogen and oxygen atoms in total. The van der Waals surface area contributed by atoms with Gasteiger partial charge in [-0.1, -0.05) is 0 Å². The van der Waals surface area contributed by atoms with Gasteiger partial charge >= 0.3 is 0 Å². The van der Waals surface area contributed by atoms with Crippen LogP contribution in [0.5, 0.6) is 0 Å². The first-order chi connectivity index (χ1) is 5.49. The van der Waals surface area contributed by atoms with Gasteiger partial charge in [-0.25, -0.2) is 0 Å². The fourth-order valence-electron chi connectivity index (χ4n) is 1.04. The van der Waals surface area contributed by atoms with Crippen molar-refractivity contribution in [3.8, 4) is 0 Å². The van der Waals surface area contributed by atoms with E-state index in [1.807, 2.05) is 0 Å². The highest BCUT2D eigenvalue weighted by molar-refractivity contribution is 9.10. The van der Waals surface area contributed by atoms with Crippen LogP contribution in [0.2, 0.25) is 0 Å². The van der Waals surface area contributed by atoms with Gasteiger partial charge in [0.15, 0.2) is 11.9 Å². The van der Waals surface area contributed by atoms with Crippen LogP contribution in [-0.4, -0.2) is 21.2 Å². The summed E-state index contributed by atoms with van der Waals surface area (Å²) < 4.78 is 2.08. The van der Waals surface area contributed by atoms with Crippen LogP contribution >= 0.6 is 15.9 Å². The van der Waals surface area contributed by atoms with Gasteiger partial charge in [0.1, 0.15) is 0 Å². The maximum atomic E-state index is 10.5. The molecular formula is C7H9BrN2O2. The van der Waals surface area contributed by atoms with Gasteiger partial charge in [-0.2, -0.15) is 5.10 Å². The van der Waals surface area contributed by atoms with Gasteiger partial charge in [-0.05, 0) is 22.9 Å². The van der Waals surface area contributed by atoms with E-state index in [1.54, 1.807) is 7.05 Å². The highest BCUT2D eigenvalue weighted by Crippen LogP contribution is 2.25.